The van der Waals surface area contributed by atoms with Crippen molar-refractivity contribution < 1.29 is 9.15 Å². The van der Waals surface area contributed by atoms with Gasteiger partial charge in [-0.1, -0.05) is 17.2 Å². The van der Waals surface area contributed by atoms with Gasteiger partial charge in [-0.25, -0.2) is 0 Å². The number of anilines is 1. The fourth-order valence-electron chi connectivity index (χ4n) is 1.03. The average Bonchev–Trinajstić information content (AvgIpc) is 2.63. The van der Waals surface area contributed by atoms with Gasteiger partial charge in [0, 0.05) is 0 Å². The number of para-hydroxylation sites is 1. The summed E-state index contributed by atoms with van der Waals surface area (Å²) < 4.78 is 11.3. The molecule has 0 spiro atoms. The Morgan fingerprint density at radius 1 is 1.33 bits per heavy atom. The first-order valence-corrected chi connectivity index (χ1v) is 5.00. The fourth-order valence-corrected chi connectivity index (χ4v) is 1.43. The minimum atomic E-state index is 0.0423. The molecule has 5 nitrogen and oxygen atoms in total. The zero-order chi connectivity index (χ0) is 10.7. The third kappa shape index (κ3) is 2.47. The van der Waals surface area contributed by atoms with Crippen molar-refractivity contribution >= 4 is 21.9 Å². The number of ether oxygens (including phenoxy) is 1. The van der Waals surface area contributed by atoms with Crippen molar-refractivity contribution in [3.05, 3.63) is 34.6 Å². The Morgan fingerprint density at radius 3 is 2.80 bits per heavy atom. The lowest BCUT2D eigenvalue weighted by Gasteiger charge is -2.04. The third-order valence-electron chi connectivity index (χ3n) is 1.67. The van der Waals surface area contributed by atoms with Gasteiger partial charge in [-0.2, -0.15) is 0 Å². The first-order chi connectivity index (χ1) is 7.25. The van der Waals surface area contributed by atoms with E-state index in [9.17, 15) is 0 Å². The quantitative estimate of drug-likeness (QED) is 0.923. The van der Waals surface area contributed by atoms with Gasteiger partial charge < -0.3 is 14.9 Å². The molecule has 0 radical (unpaired) electrons. The van der Waals surface area contributed by atoms with Crippen molar-refractivity contribution in [3.8, 4) is 5.75 Å². The number of hydrogen-bond acceptors (Lipinski definition) is 5. The van der Waals surface area contributed by atoms with Crippen LogP contribution in [0.2, 0.25) is 0 Å². The van der Waals surface area contributed by atoms with Crippen LogP contribution in [0.3, 0.4) is 0 Å². The Bertz CT molecular complexity index is 458. The second-order valence-electron chi connectivity index (χ2n) is 2.75. The molecule has 0 aliphatic rings. The normalized spacial score (nSPS) is 10.2. The first-order valence-electron chi connectivity index (χ1n) is 4.21. The molecular formula is C9H8BrN3O2. The van der Waals surface area contributed by atoms with E-state index in [1.54, 1.807) is 0 Å². The number of nitrogen functional groups attached to an aromatic ring is 1. The fraction of sp³-hybridized carbons (Fsp3) is 0.111. The molecule has 0 aliphatic heterocycles. The molecule has 2 N–H and O–H groups in total. The lowest BCUT2D eigenvalue weighted by Crippen LogP contribution is -1.96. The monoisotopic (exact) mass is 269 g/mol. The highest BCUT2D eigenvalue weighted by atomic mass is 79.9. The lowest BCUT2D eigenvalue weighted by atomic mass is 10.3. The van der Waals surface area contributed by atoms with Crippen LogP contribution in [-0.4, -0.2) is 10.2 Å². The summed E-state index contributed by atoms with van der Waals surface area (Å²) in [6, 6.07) is 7.55. The molecule has 0 amide bonds. The van der Waals surface area contributed by atoms with Crippen LogP contribution in [0.15, 0.2) is 33.2 Å². The largest absolute Gasteiger partial charge is 0.483 e. The molecule has 2 rings (SSSR count). The van der Waals surface area contributed by atoms with Gasteiger partial charge in [0.05, 0.1) is 4.47 Å². The van der Waals surface area contributed by atoms with Gasteiger partial charge in [-0.3, -0.25) is 0 Å². The van der Waals surface area contributed by atoms with Crippen LogP contribution in [0.25, 0.3) is 0 Å². The van der Waals surface area contributed by atoms with E-state index in [-0.39, 0.29) is 12.6 Å². The maximum absolute atomic E-state index is 5.44. The number of hydrogen-bond donors (Lipinski definition) is 1. The molecule has 6 heteroatoms. The van der Waals surface area contributed by atoms with E-state index in [0.717, 1.165) is 4.47 Å². The highest BCUT2D eigenvalue weighted by molar-refractivity contribution is 9.10. The predicted molar refractivity (Wildman–Crippen MR) is 57.2 cm³/mol. The molecule has 0 fully saturated rings. The molecule has 0 aliphatic carbocycles. The zero-order valence-corrected chi connectivity index (χ0v) is 9.27. The van der Waals surface area contributed by atoms with Crippen molar-refractivity contribution in [2.45, 2.75) is 6.61 Å². The molecule has 0 atom stereocenters. The van der Waals surface area contributed by atoms with Gasteiger partial charge in [0.15, 0.2) is 6.61 Å². The number of benzene rings is 1. The molecule has 0 saturated carbocycles. The van der Waals surface area contributed by atoms with E-state index in [1.807, 2.05) is 24.3 Å². The molecule has 1 aromatic heterocycles. The van der Waals surface area contributed by atoms with Gasteiger partial charge >= 0.3 is 6.01 Å². The van der Waals surface area contributed by atoms with E-state index in [1.165, 1.54) is 0 Å². The van der Waals surface area contributed by atoms with Crippen LogP contribution >= 0.6 is 15.9 Å². The summed E-state index contributed by atoms with van der Waals surface area (Å²) in [5.74, 6) is 1.07. The molecule has 78 valence electrons. The predicted octanol–water partition coefficient (Wildman–Crippen LogP) is 1.99. The number of rotatable bonds is 3. The number of nitrogens with zero attached hydrogens (tertiary/aromatic N) is 2. The maximum atomic E-state index is 5.44. The van der Waals surface area contributed by atoms with E-state index < -0.39 is 0 Å². The first kappa shape index (κ1) is 9.97. The summed E-state index contributed by atoms with van der Waals surface area (Å²) in [4.78, 5) is 0. The Labute approximate surface area is 94.4 Å². The molecular weight excluding hydrogens is 262 g/mol. The summed E-state index contributed by atoms with van der Waals surface area (Å²) >= 11 is 3.36. The van der Waals surface area contributed by atoms with Crippen molar-refractivity contribution in [2.75, 3.05) is 5.73 Å². The Kier molecular flexibility index (Phi) is 2.86. The van der Waals surface area contributed by atoms with E-state index in [2.05, 4.69) is 26.1 Å². The van der Waals surface area contributed by atoms with E-state index in [4.69, 9.17) is 14.9 Å². The summed E-state index contributed by atoms with van der Waals surface area (Å²) in [7, 11) is 0. The smallest absolute Gasteiger partial charge is 0.312 e. The van der Waals surface area contributed by atoms with Gasteiger partial charge in [-0.05, 0) is 28.1 Å². The van der Waals surface area contributed by atoms with Crippen molar-refractivity contribution in [3.63, 3.8) is 0 Å². The number of nitrogens with two attached hydrogens (primary N) is 1. The van der Waals surface area contributed by atoms with E-state index in [0.29, 0.717) is 11.6 Å². The highest BCUT2D eigenvalue weighted by Crippen LogP contribution is 2.24. The van der Waals surface area contributed by atoms with Crippen LogP contribution in [0.4, 0.5) is 6.01 Å². The molecule has 15 heavy (non-hydrogen) atoms. The SMILES string of the molecule is Nc1nnc(COc2ccccc2Br)o1. The van der Waals surface area contributed by atoms with Crippen LogP contribution in [0.5, 0.6) is 5.75 Å². The summed E-state index contributed by atoms with van der Waals surface area (Å²) in [5.41, 5.74) is 5.27. The van der Waals surface area contributed by atoms with Gasteiger partial charge in [0.2, 0.25) is 0 Å². The van der Waals surface area contributed by atoms with Crippen molar-refractivity contribution in [1.82, 2.24) is 10.2 Å². The Hall–Kier alpha value is -1.56. The topological polar surface area (TPSA) is 74.2 Å². The van der Waals surface area contributed by atoms with Crippen molar-refractivity contribution in [1.29, 1.82) is 0 Å². The highest BCUT2D eigenvalue weighted by Gasteiger charge is 2.05. The average molecular weight is 270 g/mol. The van der Waals surface area contributed by atoms with Crippen LogP contribution in [0.1, 0.15) is 5.89 Å². The molecule has 0 saturated heterocycles. The number of aromatic nitrogens is 2. The molecule has 0 bridgehead atoms. The molecule has 1 aromatic carbocycles. The zero-order valence-electron chi connectivity index (χ0n) is 7.68. The lowest BCUT2D eigenvalue weighted by molar-refractivity contribution is 0.263. The van der Waals surface area contributed by atoms with Gasteiger partial charge in [0.25, 0.3) is 5.89 Å². The molecule has 2 aromatic rings. The second kappa shape index (κ2) is 4.31. The van der Waals surface area contributed by atoms with Crippen molar-refractivity contribution in [2.24, 2.45) is 0 Å². The summed E-state index contributed by atoms with van der Waals surface area (Å²) in [6.45, 7) is 0.201. The van der Waals surface area contributed by atoms with Gasteiger partial charge in [0.1, 0.15) is 5.75 Å². The van der Waals surface area contributed by atoms with E-state index >= 15 is 0 Å². The van der Waals surface area contributed by atoms with Crippen LogP contribution < -0.4 is 10.5 Å². The minimum Gasteiger partial charge on any atom is -0.483 e. The Balaban J connectivity index is 2.02. The standard InChI is InChI=1S/C9H8BrN3O2/c10-6-3-1-2-4-7(6)14-5-8-12-13-9(11)15-8/h1-4H,5H2,(H2,11,13). The van der Waals surface area contributed by atoms with Crippen LogP contribution in [-0.2, 0) is 6.61 Å². The second-order valence-corrected chi connectivity index (χ2v) is 3.61. The van der Waals surface area contributed by atoms with Crippen LogP contribution in [0, 0.1) is 0 Å². The third-order valence-corrected chi connectivity index (χ3v) is 2.33. The summed E-state index contributed by atoms with van der Waals surface area (Å²) in [6.07, 6.45) is 0. The molecule has 0 unspecified atom stereocenters. The minimum absolute atomic E-state index is 0.0423. The summed E-state index contributed by atoms with van der Waals surface area (Å²) in [5, 5.41) is 7.20. The Morgan fingerprint density at radius 2 is 2.13 bits per heavy atom. The van der Waals surface area contributed by atoms with Gasteiger partial charge in [-0.15, -0.1) is 5.10 Å². The maximum Gasteiger partial charge on any atom is 0.312 e. The number of halogens is 1. The molecule has 1 heterocycles.